The lowest BCUT2D eigenvalue weighted by Gasteiger charge is -2.15. The van der Waals surface area contributed by atoms with Gasteiger partial charge in [-0.2, -0.15) is 5.10 Å². The number of benzene rings is 1. The molecule has 0 saturated heterocycles. The Labute approximate surface area is 127 Å². The van der Waals surface area contributed by atoms with Crippen LogP contribution < -0.4 is 0 Å². The van der Waals surface area contributed by atoms with Gasteiger partial charge in [0.25, 0.3) is 0 Å². The molecule has 1 aromatic heterocycles. The number of halogens is 3. The Morgan fingerprint density at radius 3 is 2.78 bits per heavy atom. The third kappa shape index (κ3) is 2.50. The van der Waals surface area contributed by atoms with Crippen LogP contribution in [-0.2, 0) is 6.54 Å². The molecule has 1 unspecified atom stereocenters. The van der Waals surface area contributed by atoms with Gasteiger partial charge in [-0.05, 0) is 44.8 Å². The molecule has 96 valence electrons. The normalized spacial score (nSPS) is 12.7. The number of aliphatic hydroxyl groups excluding tert-OH is 1. The van der Waals surface area contributed by atoms with Crippen molar-refractivity contribution in [3.63, 3.8) is 0 Å². The first-order valence-corrected chi connectivity index (χ1v) is 7.35. The summed E-state index contributed by atoms with van der Waals surface area (Å²) in [6, 6.07) is 5.48. The molecule has 0 fully saturated rings. The number of aromatic nitrogens is 2. The molecule has 2 aromatic rings. The van der Waals surface area contributed by atoms with Crippen LogP contribution in [0.3, 0.4) is 0 Å². The average Bonchev–Trinajstić information content (AvgIpc) is 2.73. The molecule has 1 N–H and O–H groups in total. The van der Waals surface area contributed by atoms with E-state index in [4.69, 9.17) is 11.6 Å². The molecule has 0 radical (unpaired) electrons. The third-order valence-electron chi connectivity index (χ3n) is 2.67. The van der Waals surface area contributed by atoms with Crippen molar-refractivity contribution in [3.8, 4) is 0 Å². The fraction of sp³-hybridized carbons (Fsp3) is 0.250. The Morgan fingerprint density at radius 1 is 1.39 bits per heavy atom. The molecule has 0 amide bonds. The Kier molecular flexibility index (Phi) is 4.48. The average molecular weight is 394 g/mol. The second-order valence-corrected chi connectivity index (χ2v) is 5.83. The monoisotopic (exact) mass is 392 g/mol. The van der Waals surface area contributed by atoms with Crippen LogP contribution in [0.15, 0.2) is 33.3 Å². The molecular weight excluding hydrogens is 383 g/mol. The lowest BCUT2D eigenvalue weighted by atomic mass is 10.1. The summed E-state index contributed by atoms with van der Waals surface area (Å²) in [7, 11) is 0. The molecule has 1 aromatic carbocycles. The number of hydrogen-bond acceptors (Lipinski definition) is 2. The second kappa shape index (κ2) is 5.74. The summed E-state index contributed by atoms with van der Waals surface area (Å²) >= 11 is 13.0. The van der Waals surface area contributed by atoms with Gasteiger partial charge in [-0.3, -0.25) is 4.68 Å². The summed E-state index contributed by atoms with van der Waals surface area (Å²) in [4.78, 5) is 0. The van der Waals surface area contributed by atoms with Crippen LogP contribution in [-0.4, -0.2) is 14.9 Å². The molecule has 0 bridgehead atoms. The maximum absolute atomic E-state index is 10.5. The van der Waals surface area contributed by atoms with Crippen molar-refractivity contribution >= 4 is 43.5 Å². The zero-order chi connectivity index (χ0) is 13.3. The number of hydrogen-bond donors (Lipinski definition) is 1. The van der Waals surface area contributed by atoms with E-state index in [1.54, 1.807) is 16.9 Å². The predicted octanol–water partition coefficient (Wildman–Crippen LogP) is 4.16. The predicted molar refractivity (Wildman–Crippen MR) is 78.8 cm³/mol. The summed E-state index contributed by atoms with van der Waals surface area (Å²) in [5.74, 6) is 0. The van der Waals surface area contributed by atoms with Gasteiger partial charge in [-0.1, -0.05) is 23.7 Å². The van der Waals surface area contributed by atoms with E-state index in [-0.39, 0.29) is 0 Å². The van der Waals surface area contributed by atoms with Gasteiger partial charge in [-0.25, -0.2) is 0 Å². The first-order valence-electron chi connectivity index (χ1n) is 5.39. The van der Waals surface area contributed by atoms with Crippen LogP contribution in [0.2, 0.25) is 5.02 Å². The molecule has 0 aliphatic rings. The molecule has 0 aliphatic heterocycles. The van der Waals surface area contributed by atoms with Crippen LogP contribution in [0.4, 0.5) is 0 Å². The van der Waals surface area contributed by atoms with E-state index < -0.39 is 6.10 Å². The van der Waals surface area contributed by atoms with E-state index in [1.807, 2.05) is 19.1 Å². The minimum Gasteiger partial charge on any atom is -0.382 e. The van der Waals surface area contributed by atoms with Crippen molar-refractivity contribution in [2.45, 2.75) is 19.6 Å². The lowest BCUT2D eigenvalue weighted by molar-refractivity contribution is 0.207. The lowest BCUT2D eigenvalue weighted by Crippen LogP contribution is -2.10. The highest BCUT2D eigenvalue weighted by molar-refractivity contribution is 9.10. The molecule has 0 spiro atoms. The molecule has 18 heavy (non-hydrogen) atoms. The van der Waals surface area contributed by atoms with Gasteiger partial charge < -0.3 is 5.11 Å². The van der Waals surface area contributed by atoms with Crippen molar-refractivity contribution in [1.82, 2.24) is 9.78 Å². The van der Waals surface area contributed by atoms with Crippen molar-refractivity contribution < 1.29 is 5.11 Å². The van der Waals surface area contributed by atoms with Crippen LogP contribution >= 0.6 is 43.5 Å². The van der Waals surface area contributed by atoms with Crippen molar-refractivity contribution in [1.29, 1.82) is 0 Å². The van der Waals surface area contributed by atoms with E-state index in [0.717, 1.165) is 8.95 Å². The Morgan fingerprint density at radius 2 is 2.11 bits per heavy atom. The molecule has 1 heterocycles. The van der Waals surface area contributed by atoms with E-state index in [9.17, 15) is 5.11 Å². The third-order valence-corrected chi connectivity index (χ3v) is 4.59. The van der Waals surface area contributed by atoms with Gasteiger partial charge in [0.05, 0.1) is 21.4 Å². The Bertz CT molecular complexity index is 571. The first kappa shape index (κ1) is 14.1. The van der Waals surface area contributed by atoms with Crippen LogP contribution in [0, 0.1) is 0 Å². The number of nitrogens with zero attached hydrogens (tertiary/aromatic N) is 2. The number of aryl methyl sites for hydroxylation is 1. The minimum absolute atomic E-state index is 0.515. The Balaban J connectivity index is 2.51. The standard InChI is InChI=1S/C12H11Br2ClN2O/c1-2-17-11(9(14)6-16-17)12(18)7-4-3-5-8(13)10(7)15/h3-6,12,18H,2H2,1H3. The fourth-order valence-corrected chi connectivity index (χ4v) is 2.90. The highest BCUT2D eigenvalue weighted by Crippen LogP contribution is 2.35. The molecule has 1 atom stereocenters. The zero-order valence-corrected chi connectivity index (χ0v) is 13.5. The Hall–Kier alpha value is -0.360. The maximum Gasteiger partial charge on any atom is 0.123 e. The van der Waals surface area contributed by atoms with Gasteiger partial charge in [0, 0.05) is 16.6 Å². The molecule has 6 heteroatoms. The van der Waals surface area contributed by atoms with E-state index in [2.05, 4.69) is 37.0 Å². The topological polar surface area (TPSA) is 38.0 Å². The van der Waals surface area contributed by atoms with Crippen LogP contribution in [0.25, 0.3) is 0 Å². The number of aliphatic hydroxyl groups is 1. The first-order chi connectivity index (χ1) is 8.56. The molecular formula is C12H11Br2ClN2O. The smallest absolute Gasteiger partial charge is 0.123 e. The van der Waals surface area contributed by atoms with E-state index in [1.165, 1.54) is 0 Å². The van der Waals surface area contributed by atoms with Crippen molar-refractivity contribution in [3.05, 3.63) is 49.6 Å². The summed E-state index contributed by atoms with van der Waals surface area (Å²) in [5, 5.41) is 15.2. The summed E-state index contributed by atoms with van der Waals surface area (Å²) < 4.78 is 3.28. The van der Waals surface area contributed by atoms with Gasteiger partial charge >= 0.3 is 0 Å². The number of rotatable bonds is 3. The van der Waals surface area contributed by atoms with E-state index >= 15 is 0 Å². The molecule has 0 saturated carbocycles. The summed E-state index contributed by atoms with van der Waals surface area (Å²) in [6.45, 7) is 2.65. The maximum atomic E-state index is 10.5. The van der Waals surface area contributed by atoms with Gasteiger partial charge in [-0.15, -0.1) is 0 Å². The van der Waals surface area contributed by atoms with Crippen molar-refractivity contribution in [2.24, 2.45) is 0 Å². The summed E-state index contributed by atoms with van der Waals surface area (Å²) in [6.07, 6.45) is 0.861. The minimum atomic E-state index is -0.813. The molecule has 0 aliphatic carbocycles. The largest absolute Gasteiger partial charge is 0.382 e. The van der Waals surface area contributed by atoms with Crippen molar-refractivity contribution in [2.75, 3.05) is 0 Å². The van der Waals surface area contributed by atoms with E-state index in [0.29, 0.717) is 22.8 Å². The fourth-order valence-electron chi connectivity index (χ4n) is 1.77. The summed E-state index contributed by atoms with van der Waals surface area (Å²) in [5.41, 5.74) is 1.36. The highest BCUT2D eigenvalue weighted by atomic mass is 79.9. The van der Waals surface area contributed by atoms with Gasteiger partial charge in [0.1, 0.15) is 6.10 Å². The molecule has 3 nitrogen and oxygen atoms in total. The highest BCUT2D eigenvalue weighted by Gasteiger charge is 2.21. The van der Waals surface area contributed by atoms with Gasteiger partial charge in [0.15, 0.2) is 0 Å². The molecule has 2 rings (SSSR count). The van der Waals surface area contributed by atoms with Crippen LogP contribution in [0.5, 0.6) is 0 Å². The SMILES string of the molecule is CCn1ncc(Br)c1C(O)c1cccc(Br)c1Cl. The second-order valence-electron chi connectivity index (χ2n) is 3.74. The quantitative estimate of drug-likeness (QED) is 0.849. The van der Waals surface area contributed by atoms with Gasteiger partial charge in [0.2, 0.25) is 0 Å². The van der Waals surface area contributed by atoms with Crippen LogP contribution in [0.1, 0.15) is 24.3 Å². The zero-order valence-electron chi connectivity index (χ0n) is 9.57.